The maximum absolute atomic E-state index is 12.2. The van der Waals surface area contributed by atoms with Gasteiger partial charge in [-0.25, -0.2) is 0 Å². The van der Waals surface area contributed by atoms with Crippen LogP contribution in [0.25, 0.3) is 0 Å². The lowest BCUT2D eigenvalue weighted by Crippen LogP contribution is -2.32. The molecule has 0 spiro atoms. The lowest BCUT2D eigenvalue weighted by atomic mass is 10.1. The molecule has 2 fully saturated rings. The molecule has 0 atom stereocenters. The zero-order valence-corrected chi connectivity index (χ0v) is 16.1. The smallest absolute Gasteiger partial charge is 0.220 e. The molecule has 2 saturated carbocycles. The first-order valence-electron chi connectivity index (χ1n) is 10.8. The molecule has 1 aromatic rings. The number of fused-ring (bicyclic) bond motifs is 1. The van der Waals surface area contributed by atoms with Crippen LogP contribution in [0.4, 0.5) is 0 Å². The van der Waals surface area contributed by atoms with Crippen LogP contribution in [-0.2, 0) is 24.3 Å². The fourth-order valence-corrected chi connectivity index (χ4v) is 5.04. The van der Waals surface area contributed by atoms with Crippen LogP contribution in [0.5, 0.6) is 0 Å². The van der Waals surface area contributed by atoms with Crippen molar-refractivity contribution in [2.24, 2.45) is 5.92 Å². The van der Waals surface area contributed by atoms with Gasteiger partial charge < -0.3 is 5.32 Å². The highest BCUT2D eigenvalue weighted by atomic mass is 16.1. The van der Waals surface area contributed by atoms with Crippen molar-refractivity contribution >= 4 is 5.91 Å². The highest BCUT2D eigenvalue weighted by Crippen LogP contribution is 2.27. The molecule has 5 nitrogen and oxygen atoms in total. The van der Waals surface area contributed by atoms with Gasteiger partial charge in [0.1, 0.15) is 0 Å². The topological polar surface area (TPSA) is 50.2 Å². The van der Waals surface area contributed by atoms with Crippen molar-refractivity contribution in [2.75, 3.05) is 13.1 Å². The fraction of sp³-hybridized carbons (Fsp3) is 0.810. The average molecular weight is 359 g/mol. The monoisotopic (exact) mass is 358 g/mol. The molecule has 2 aliphatic carbocycles. The van der Waals surface area contributed by atoms with Crippen molar-refractivity contribution in [2.45, 2.75) is 89.8 Å². The number of nitrogens with zero attached hydrogens (tertiary/aromatic N) is 3. The van der Waals surface area contributed by atoms with Gasteiger partial charge in [-0.2, -0.15) is 5.10 Å². The van der Waals surface area contributed by atoms with Crippen LogP contribution in [0.1, 0.15) is 75.6 Å². The highest BCUT2D eigenvalue weighted by molar-refractivity contribution is 5.76. The van der Waals surface area contributed by atoms with Crippen LogP contribution < -0.4 is 5.32 Å². The minimum atomic E-state index is 0.197. The number of amides is 1. The van der Waals surface area contributed by atoms with E-state index in [1.54, 1.807) is 0 Å². The van der Waals surface area contributed by atoms with Crippen LogP contribution in [-0.4, -0.2) is 39.7 Å². The van der Waals surface area contributed by atoms with E-state index >= 15 is 0 Å². The number of carbonyl (C=O) groups is 1. The molecule has 144 valence electrons. The second-order valence-electron chi connectivity index (χ2n) is 8.64. The highest BCUT2D eigenvalue weighted by Gasteiger charge is 2.22. The van der Waals surface area contributed by atoms with Gasteiger partial charge in [-0.15, -0.1) is 0 Å². The summed E-state index contributed by atoms with van der Waals surface area (Å²) in [5.74, 6) is 1.10. The Kier molecular flexibility index (Phi) is 5.93. The molecule has 0 bridgehead atoms. The van der Waals surface area contributed by atoms with Gasteiger partial charge in [0.2, 0.25) is 5.91 Å². The van der Waals surface area contributed by atoms with Crippen LogP contribution in [0, 0.1) is 5.92 Å². The lowest BCUT2D eigenvalue weighted by molar-refractivity contribution is -0.121. The predicted octanol–water partition coefficient (Wildman–Crippen LogP) is 3.27. The molecule has 4 rings (SSSR count). The predicted molar refractivity (Wildman–Crippen MR) is 103 cm³/mol. The Morgan fingerprint density at radius 2 is 1.85 bits per heavy atom. The molecule has 0 unspecified atom stereocenters. The largest absolute Gasteiger partial charge is 0.353 e. The molecule has 5 heteroatoms. The third-order valence-electron chi connectivity index (χ3n) is 6.46. The number of aromatic nitrogens is 2. The molecule has 3 aliphatic rings. The van der Waals surface area contributed by atoms with Gasteiger partial charge in [0.15, 0.2) is 0 Å². The second kappa shape index (κ2) is 8.55. The van der Waals surface area contributed by atoms with E-state index in [2.05, 4.69) is 21.0 Å². The maximum atomic E-state index is 12.2. The minimum absolute atomic E-state index is 0.197. The number of carbonyl (C=O) groups excluding carboxylic acids is 1. The van der Waals surface area contributed by atoms with E-state index in [1.807, 2.05) is 0 Å². The van der Waals surface area contributed by atoms with E-state index in [0.29, 0.717) is 12.5 Å². The molecule has 1 N–H and O–H groups in total. The normalized spacial score (nSPS) is 22.5. The molecular formula is C21H34N4O. The summed E-state index contributed by atoms with van der Waals surface area (Å²) in [5, 5.41) is 7.98. The molecular weight excluding hydrogens is 324 g/mol. The number of aryl methyl sites for hydroxylation is 2. The van der Waals surface area contributed by atoms with Gasteiger partial charge in [0.25, 0.3) is 0 Å². The number of rotatable bonds is 6. The van der Waals surface area contributed by atoms with Gasteiger partial charge >= 0.3 is 0 Å². The third kappa shape index (κ3) is 4.67. The zero-order chi connectivity index (χ0) is 17.8. The van der Waals surface area contributed by atoms with E-state index in [0.717, 1.165) is 44.0 Å². The second-order valence-corrected chi connectivity index (χ2v) is 8.64. The van der Waals surface area contributed by atoms with Crippen LogP contribution in [0.3, 0.4) is 0 Å². The molecule has 0 aromatic carbocycles. The third-order valence-corrected chi connectivity index (χ3v) is 6.46. The molecule has 1 aromatic heterocycles. The number of nitrogens with one attached hydrogen (secondary N) is 1. The van der Waals surface area contributed by atoms with Crippen molar-refractivity contribution in [3.05, 3.63) is 17.5 Å². The van der Waals surface area contributed by atoms with Crippen molar-refractivity contribution in [3.8, 4) is 0 Å². The first kappa shape index (κ1) is 18.0. The lowest BCUT2D eigenvalue weighted by Gasteiger charge is -2.23. The molecule has 0 radical (unpaired) electrons. The van der Waals surface area contributed by atoms with Gasteiger partial charge in [0.05, 0.1) is 11.4 Å². The fourth-order valence-electron chi connectivity index (χ4n) is 5.04. The van der Waals surface area contributed by atoms with Crippen molar-refractivity contribution in [3.63, 3.8) is 0 Å². The van der Waals surface area contributed by atoms with Crippen molar-refractivity contribution in [1.29, 1.82) is 0 Å². The molecule has 0 saturated heterocycles. The van der Waals surface area contributed by atoms with E-state index in [1.165, 1.54) is 63.7 Å². The first-order chi connectivity index (χ1) is 12.8. The summed E-state index contributed by atoms with van der Waals surface area (Å²) >= 11 is 0. The maximum Gasteiger partial charge on any atom is 0.220 e. The van der Waals surface area contributed by atoms with Crippen molar-refractivity contribution in [1.82, 2.24) is 20.0 Å². The summed E-state index contributed by atoms with van der Waals surface area (Å²) in [6.07, 6.45) is 13.0. The summed E-state index contributed by atoms with van der Waals surface area (Å²) < 4.78 is 2.19. The Hall–Kier alpha value is -1.36. The van der Waals surface area contributed by atoms with E-state index < -0.39 is 0 Å². The Labute approximate surface area is 157 Å². The molecule has 26 heavy (non-hydrogen) atoms. The van der Waals surface area contributed by atoms with Gasteiger partial charge in [0, 0.05) is 45.1 Å². The minimum Gasteiger partial charge on any atom is -0.353 e. The molecule has 2 heterocycles. The summed E-state index contributed by atoms with van der Waals surface area (Å²) in [6.45, 7) is 4.49. The molecule has 1 amide bonds. The first-order valence-corrected chi connectivity index (χ1v) is 10.8. The van der Waals surface area contributed by atoms with Gasteiger partial charge in [-0.05, 0) is 44.1 Å². The Morgan fingerprint density at radius 3 is 2.65 bits per heavy atom. The standard InChI is InChI=1S/C21H34N4O/c26-21(22-18-8-3-4-9-18)11-10-19-14-20-16-24(12-5-13-25(20)23-19)15-17-6-1-2-7-17/h14,17-18H,1-13,15-16H2,(H,22,26). The summed E-state index contributed by atoms with van der Waals surface area (Å²) in [5.41, 5.74) is 2.43. The van der Waals surface area contributed by atoms with Crippen LogP contribution in [0.15, 0.2) is 6.07 Å². The Balaban J connectivity index is 1.28. The zero-order valence-electron chi connectivity index (χ0n) is 16.1. The van der Waals surface area contributed by atoms with Crippen LogP contribution >= 0.6 is 0 Å². The Morgan fingerprint density at radius 1 is 1.08 bits per heavy atom. The summed E-state index contributed by atoms with van der Waals surface area (Å²) in [7, 11) is 0. The Bertz CT molecular complexity index is 599. The van der Waals surface area contributed by atoms with E-state index in [9.17, 15) is 4.79 Å². The number of hydrogen-bond donors (Lipinski definition) is 1. The summed E-state index contributed by atoms with van der Waals surface area (Å²) in [6, 6.07) is 2.67. The van der Waals surface area contributed by atoms with Gasteiger partial charge in [-0.3, -0.25) is 14.4 Å². The van der Waals surface area contributed by atoms with Crippen molar-refractivity contribution < 1.29 is 4.79 Å². The van der Waals surface area contributed by atoms with Gasteiger partial charge in [-0.1, -0.05) is 25.7 Å². The summed E-state index contributed by atoms with van der Waals surface area (Å²) in [4.78, 5) is 14.8. The number of hydrogen-bond acceptors (Lipinski definition) is 3. The van der Waals surface area contributed by atoms with E-state index in [-0.39, 0.29) is 5.91 Å². The molecule has 1 aliphatic heterocycles. The van der Waals surface area contributed by atoms with E-state index in [4.69, 9.17) is 5.10 Å². The SMILES string of the molecule is O=C(CCc1cc2n(n1)CCCN(CC1CCCC1)C2)NC1CCCC1. The van der Waals surface area contributed by atoms with Crippen LogP contribution in [0.2, 0.25) is 0 Å². The quantitative estimate of drug-likeness (QED) is 0.849. The average Bonchev–Trinajstić information content (AvgIpc) is 3.35.